The second-order valence-electron chi connectivity index (χ2n) is 4.54. The Morgan fingerprint density at radius 1 is 1.23 bits per heavy atom. The minimum atomic E-state index is -0.451. The van der Waals surface area contributed by atoms with E-state index < -0.39 is 5.97 Å². The molecule has 0 radical (unpaired) electrons. The third kappa shape index (κ3) is 3.13. The molecule has 1 heterocycles. The fourth-order valence-corrected chi connectivity index (χ4v) is 2.06. The lowest BCUT2D eigenvalue weighted by molar-refractivity contribution is 0.0601. The van der Waals surface area contributed by atoms with Crippen LogP contribution in [-0.4, -0.2) is 37.1 Å². The first-order valence-corrected chi connectivity index (χ1v) is 6.65. The van der Waals surface area contributed by atoms with Gasteiger partial charge in [0, 0.05) is 25.4 Å². The molecule has 0 aliphatic rings. The smallest absolute Gasteiger partial charge is 0.340 e. The number of nitrogens with one attached hydrogen (secondary N) is 1. The molecule has 0 bridgehead atoms. The van der Waals surface area contributed by atoms with Crippen LogP contribution in [0.1, 0.15) is 16.1 Å². The van der Waals surface area contributed by atoms with Gasteiger partial charge < -0.3 is 19.5 Å². The topological polar surface area (TPSA) is 74.6 Å². The fourth-order valence-electron chi connectivity index (χ4n) is 2.06. The van der Waals surface area contributed by atoms with Gasteiger partial charge in [0.1, 0.15) is 0 Å². The Labute approximate surface area is 128 Å². The molecular formula is C15H19N3O4. The summed E-state index contributed by atoms with van der Waals surface area (Å²) in [5, 5.41) is 7.30. The van der Waals surface area contributed by atoms with Crippen molar-refractivity contribution in [2.24, 2.45) is 7.05 Å². The van der Waals surface area contributed by atoms with Gasteiger partial charge in [-0.15, -0.1) is 0 Å². The van der Waals surface area contributed by atoms with Crippen molar-refractivity contribution < 1.29 is 19.0 Å². The number of anilines is 1. The zero-order valence-electron chi connectivity index (χ0n) is 13.0. The predicted octanol–water partition coefficient (Wildman–Crippen LogP) is 1.84. The Morgan fingerprint density at radius 3 is 2.45 bits per heavy atom. The molecule has 0 unspecified atom stereocenters. The highest BCUT2D eigenvalue weighted by atomic mass is 16.5. The number of ether oxygens (including phenoxy) is 3. The molecule has 118 valence electrons. The number of carbonyl (C=O) groups excluding carboxylic acids is 1. The second kappa shape index (κ2) is 6.84. The van der Waals surface area contributed by atoms with E-state index >= 15 is 0 Å². The Morgan fingerprint density at radius 2 is 1.91 bits per heavy atom. The molecular weight excluding hydrogens is 286 g/mol. The number of nitrogens with zero attached hydrogens (tertiary/aromatic N) is 2. The van der Waals surface area contributed by atoms with E-state index in [-0.39, 0.29) is 0 Å². The van der Waals surface area contributed by atoms with Gasteiger partial charge in [-0.05, 0) is 6.07 Å². The maximum atomic E-state index is 12.0. The summed E-state index contributed by atoms with van der Waals surface area (Å²) in [5.41, 5.74) is 1.96. The molecule has 2 rings (SSSR count). The van der Waals surface area contributed by atoms with Gasteiger partial charge in [-0.2, -0.15) is 5.10 Å². The molecule has 0 atom stereocenters. The number of rotatable bonds is 6. The third-order valence-electron chi connectivity index (χ3n) is 3.31. The van der Waals surface area contributed by atoms with Gasteiger partial charge >= 0.3 is 5.97 Å². The van der Waals surface area contributed by atoms with Crippen LogP contribution in [0.3, 0.4) is 0 Å². The van der Waals surface area contributed by atoms with Crippen molar-refractivity contribution in [3.8, 4) is 11.5 Å². The normalized spacial score (nSPS) is 10.2. The first kappa shape index (κ1) is 15.7. The molecule has 0 saturated carbocycles. The standard InChI is InChI=1S/C15H19N3O4/c1-18-10(5-6-17-18)9-16-12-8-14(21-3)13(20-2)7-11(12)15(19)22-4/h5-8,16H,9H2,1-4H3. The molecule has 0 saturated heterocycles. The van der Waals surface area contributed by atoms with Gasteiger partial charge in [0.2, 0.25) is 0 Å². The van der Waals surface area contributed by atoms with Crippen molar-refractivity contribution in [3.63, 3.8) is 0 Å². The molecule has 0 spiro atoms. The van der Waals surface area contributed by atoms with Gasteiger partial charge in [-0.3, -0.25) is 4.68 Å². The van der Waals surface area contributed by atoms with Crippen LogP contribution in [0.5, 0.6) is 11.5 Å². The summed E-state index contributed by atoms with van der Waals surface area (Å²) >= 11 is 0. The summed E-state index contributed by atoms with van der Waals surface area (Å²) in [6.07, 6.45) is 1.72. The number of hydrogen-bond acceptors (Lipinski definition) is 6. The zero-order chi connectivity index (χ0) is 16.1. The van der Waals surface area contributed by atoms with Crippen LogP contribution < -0.4 is 14.8 Å². The molecule has 2 aromatic rings. The van der Waals surface area contributed by atoms with E-state index in [9.17, 15) is 4.79 Å². The number of hydrogen-bond donors (Lipinski definition) is 1. The summed E-state index contributed by atoms with van der Waals surface area (Å²) in [7, 11) is 6.25. The van der Waals surface area contributed by atoms with Crippen molar-refractivity contribution in [1.29, 1.82) is 0 Å². The molecule has 0 fully saturated rings. The van der Waals surface area contributed by atoms with Crippen LogP contribution >= 0.6 is 0 Å². The molecule has 1 aromatic carbocycles. The van der Waals surface area contributed by atoms with Crippen molar-refractivity contribution in [2.75, 3.05) is 26.6 Å². The van der Waals surface area contributed by atoms with Crippen LogP contribution in [0.15, 0.2) is 24.4 Å². The van der Waals surface area contributed by atoms with Gasteiger partial charge in [-0.1, -0.05) is 0 Å². The van der Waals surface area contributed by atoms with E-state index in [1.165, 1.54) is 14.2 Å². The minimum absolute atomic E-state index is 0.377. The average Bonchev–Trinajstić information content (AvgIpc) is 2.96. The highest BCUT2D eigenvalue weighted by Crippen LogP contribution is 2.33. The zero-order valence-corrected chi connectivity index (χ0v) is 13.0. The summed E-state index contributed by atoms with van der Waals surface area (Å²) in [6.45, 7) is 0.510. The molecule has 0 amide bonds. The molecule has 7 nitrogen and oxygen atoms in total. The number of aryl methyl sites for hydroxylation is 1. The van der Waals surface area contributed by atoms with E-state index in [1.807, 2.05) is 13.1 Å². The van der Waals surface area contributed by atoms with Crippen LogP contribution in [0, 0.1) is 0 Å². The quantitative estimate of drug-likeness (QED) is 0.821. The first-order valence-electron chi connectivity index (χ1n) is 6.65. The maximum Gasteiger partial charge on any atom is 0.340 e. The van der Waals surface area contributed by atoms with E-state index in [2.05, 4.69) is 10.4 Å². The number of benzene rings is 1. The Bertz CT molecular complexity index is 667. The fraction of sp³-hybridized carbons (Fsp3) is 0.333. The van der Waals surface area contributed by atoms with Gasteiger partial charge in [0.25, 0.3) is 0 Å². The van der Waals surface area contributed by atoms with Crippen LogP contribution in [0.4, 0.5) is 5.69 Å². The molecule has 0 aliphatic heterocycles. The number of aromatic nitrogens is 2. The van der Waals surface area contributed by atoms with E-state index in [4.69, 9.17) is 14.2 Å². The molecule has 1 aromatic heterocycles. The van der Waals surface area contributed by atoms with Gasteiger partial charge in [0.05, 0.1) is 44.8 Å². The Kier molecular flexibility index (Phi) is 4.88. The minimum Gasteiger partial charge on any atom is -0.493 e. The number of methoxy groups -OCH3 is 3. The summed E-state index contributed by atoms with van der Waals surface area (Å²) in [4.78, 5) is 12.0. The molecule has 7 heteroatoms. The predicted molar refractivity (Wildman–Crippen MR) is 81.4 cm³/mol. The van der Waals surface area contributed by atoms with Crippen molar-refractivity contribution in [2.45, 2.75) is 6.54 Å². The number of carbonyl (C=O) groups is 1. The van der Waals surface area contributed by atoms with E-state index in [0.717, 1.165) is 5.69 Å². The maximum absolute atomic E-state index is 12.0. The van der Waals surface area contributed by atoms with Crippen molar-refractivity contribution >= 4 is 11.7 Å². The molecule has 1 N–H and O–H groups in total. The largest absolute Gasteiger partial charge is 0.493 e. The summed E-state index contributed by atoms with van der Waals surface area (Å²) in [5.74, 6) is 0.546. The lowest BCUT2D eigenvalue weighted by Gasteiger charge is -2.15. The van der Waals surface area contributed by atoms with E-state index in [1.54, 1.807) is 30.1 Å². The molecule has 22 heavy (non-hydrogen) atoms. The Balaban J connectivity index is 2.34. The van der Waals surface area contributed by atoms with Crippen molar-refractivity contribution in [1.82, 2.24) is 9.78 Å². The third-order valence-corrected chi connectivity index (χ3v) is 3.31. The second-order valence-corrected chi connectivity index (χ2v) is 4.54. The highest BCUT2D eigenvalue weighted by molar-refractivity contribution is 5.96. The lowest BCUT2D eigenvalue weighted by atomic mass is 10.1. The van der Waals surface area contributed by atoms with E-state index in [0.29, 0.717) is 29.3 Å². The lowest BCUT2D eigenvalue weighted by Crippen LogP contribution is -2.11. The van der Waals surface area contributed by atoms with Crippen LogP contribution in [0.2, 0.25) is 0 Å². The van der Waals surface area contributed by atoms with Crippen LogP contribution in [-0.2, 0) is 18.3 Å². The Hall–Kier alpha value is -2.70. The van der Waals surface area contributed by atoms with Crippen molar-refractivity contribution in [3.05, 3.63) is 35.7 Å². The number of esters is 1. The van der Waals surface area contributed by atoms with Crippen LogP contribution in [0.25, 0.3) is 0 Å². The van der Waals surface area contributed by atoms with Gasteiger partial charge in [0.15, 0.2) is 11.5 Å². The first-order chi connectivity index (χ1) is 10.6. The molecule has 0 aliphatic carbocycles. The van der Waals surface area contributed by atoms with Gasteiger partial charge in [-0.25, -0.2) is 4.79 Å². The highest BCUT2D eigenvalue weighted by Gasteiger charge is 2.17. The summed E-state index contributed by atoms with van der Waals surface area (Å²) in [6, 6.07) is 5.20. The average molecular weight is 305 g/mol. The SMILES string of the molecule is COC(=O)c1cc(OC)c(OC)cc1NCc1ccnn1C. The summed E-state index contributed by atoms with van der Waals surface area (Å²) < 4.78 is 17.1. The monoisotopic (exact) mass is 305 g/mol.